The molecule has 4 heteroatoms. The summed E-state index contributed by atoms with van der Waals surface area (Å²) in [6.45, 7) is 3.98. The summed E-state index contributed by atoms with van der Waals surface area (Å²) in [5.41, 5.74) is 2.22. The van der Waals surface area contributed by atoms with Gasteiger partial charge in [-0.15, -0.1) is 11.8 Å². The van der Waals surface area contributed by atoms with Crippen molar-refractivity contribution < 1.29 is 9.53 Å². The molecule has 0 amide bonds. The smallest absolute Gasteiger partial charge is 0.327 e. The molecule has 1 unspecified atom stereocenters. The standard InChI is InChI=1S/C18H21NO2S/c1-13(18(20)21-3)19-16-10-7-11-17(12-16)22-14(2)15-8-5-4-6-9-15/h4-14,19H,1-3H3/t13-,14?/m0/s1. The Balaban J connectivity index is 2.04. The fraction of sp³-hybridized carbons (Fsp3) is 0.278. The minimum absolute atomic E-state index is 0.268. The van der Waals surface area contributed by atoms with Crippen LogP contribution in [-0.2, 0) is 9.53 Å². The fourth-order valence-electron chi connectivity index (χ4n) is 2.14. The van der Waals surface area contributed by atoms with Crippen molar-refractivity contribution in [3.63, 3.8) is 0 Å². The Hall–Kier alpha value is -1.94. The lowest BCUT2D eigenvalue weighted by molar-refractivity contribution is -0.141. The number of ether oxygens (including phenoxy) is 1. The molecule has 0 saturated carbocycles. The van der Waals surface area contributed by atoms with E-state index >= 15 is 0 Å². The van der Waals surface area contributed by atoms with Gasteiger partial charge in [-0.1, -0.05) is 36.4 Å². The molecule has 0 spiro atoms. The van der Waals surface area contributed by atoms with Crippen molar-refractivity contribution in [2.24, 2.45) is 0 Å². The summed E-state index contributed by atoms with van der Waals surface area (Å²) in [4.78, 5) is 12.6. The molecule has 116 valence electrons. The van der Waals surface area contributed by atoms with Crippen LogP contribution in [0.2, 0.25) is 0 Å². The normalized spacial score (nSPS) is 13.2. The Morgan fingerprint density at radius 1 is 1.09 bits per heavy atom. The van der Waals surface area contributed by atoms with Gasteiger partial charge < -0.3 is 10.1 Å². The number of esters is 1. The molecule has 0 aliphatic heterocycles. The van der Waals surface area contributed by atoms with Crippen LogP contribution < -0.4 is 5.32 Å². The Kier molecular flexibility index (Phi) is 5.90. The fourth-order valence-corrected chi connectivity index (χ4v) is 3.19. The second-order valence-corrected chi connectivity index (χ2v) is 6.50. The van der Waals surface area contributed by atoms with E-state index in [1.54, 1.807) is 18.7 Å². The maximum Gasteiger partial charge on any atom is 0.327 e. The van der Waals surface area contributed by atoms with Gasteiger partial charge in [0.25, 0.3) is 0 Å². The van der Waals surface area contributed by atoms with Crippen molar-refractivity contribution in [1.82, 2.24) is 0 Å². The van der Waals surface area contributed by atoms with Gasteiger partial charge in [0.1, 0.15) is 6.04 Å². The quantitative estimate of drug-likeness (QED) is 0.628. The van der Waals surface area contributed by atoms with Crippen molar-refractivity contribution in [2.45, 2.75) is 30.0 Å². The van der Waals surface area contributed by atoms with E-state index in [0.29, 0.717) is 5.25 Å². The molecule has 0 fully saturated rings. The number of thioether (sulfide) groups is 1. The number of methoxy groups -OCH3 is 1. The topological polar surface area (TPSA) is 38.3 Å². The number of carbonyl (C=O) groups is 1. The van der Waals surface area contributed by atoms with Gasteiger partial charge in [0, 0.05) is 15.8 Å². The van der Waals surface area contributed by atoms with Crippen LogP contribution in [0.25, 0.3) is 0 Å². The first-order valence-electron chi connectivity index (χ1n) is 7.26. The SMILES string of the molecule is COC(=O)[C@H](C)Nc1cccc(SC(C)c2ccccc2)c1. The number of nitrogens with one attached hydrogen (secondary N) is 1. The van der Waals surface area contributed by atoms with Gasteiger partial charge in [-0.05, 0) is 37.6 Å². The molecule has 22 heavy (non-hydrogen) atoms. The largest absolute Gasteiger partial charge is 0.467 e. The molecule has 0 aliphatic rings. The lowest BCUT2D eigenvalue weighted by atomic mass is 10.2. The predicted octanol–water partition coefficient (Wildman–Crippen LogP) is 4.51. The monoisotopic (exact) mass is 315 g/mol. The molecule has 0 radical (unpaired) electrons. The molecule has 2 aromatic rings. The highest BCUT2D eigenvalue weighted by molar-refractivity contribution is 7.99. The van der Waals surface area contributed by atoms with Gasteiger partial charge in [-0.2, -0.15) is 0 Å². The molecule has 0 heterocycles. The van der Waals surface area contributed by atoms with Crippen molar-refractivity contribution in [2.75, 3.05) is 12.4 Å². The maximum absolute atomic E-state index is 11.5. The van der Waals surface area contributed by atoms with E-state index in [2.05, 4.69) is 48.6 Å². The number of hydrogen-bond acceptors (Lipinski definition) is 4. The lowest BCUT2D eigenvalue weighted by Crippen LogP contribution is -2.27. The minimum Gasteiger partial charge on any atom is -0.467 e. The summed E-state index contributed by atoms with van der Waals surface area (Å²) in [6, 6.07) is 18.1. The second kappa shape index (κ2) is 7.90. The van der Waals surface area contributed by atoms with Crippen LogP contribution in [0.15, 0.2) is 59.5 Å². The number of benzene rings is 2. The molecule has 1 N–H and O–H groups in total. The van der Waals surface area contributed by atoms with E-state index in [1.165, 1.54) is 17.6 Å². The van der Waals surface area contributed by atoms with Gasteiger partial charge in [0.05, 0.1) is 7.11 Å². The van der Waals surface area contributed by atoms with E-state index in [-0.39, 0.29) is 12.0 Å². The highest BCUT2D eigenvalue weighted by Crippen LogP contribution is 2.35. The first-order valence-corrected chi connectivity index (χ1v) is 8.14. The molecule has 0 saturated heterocycles. The van der Waals surface area contributed by atoms with Crippen molar-refractivity contribution in [3.05, 3.63) is 60.2 Å². The molecular formula is C18H21NO2S. The molecule has 2 rings (SSSR count). The average molecular weight is 315 g/mol. The Morgan fingerprint density at radius 3 is 2.50 bits per heavy atom. The minimum atomic E-state index is -0.364. The molecule has 0 aliphatic carbocycles. The molecular weight excluding hydrogens is 294 g/mol. The summed E-state index contributed by atoms with van der Waals surface area (Å²) in [5, 5.41) is 3.53. The van der Waals surface area contributed by atoms with Gasteiger partial charge >= 0.3 is 5.97 Å². The van der Waals surface area contributed by atoms with E-state index in [0.717, 1.165) is 5.69 Å². The molecule has 3 nitrogen and oxygen atoms in total. The molecule has 2 atom stereocenters. The van der Waals surface area contributed by atoms with Crippen LogP contribution in [0, 0.1) is 0 Å². The van der Waals surface area contributed by atoms with Crippen LogP contribution >= 0.6 is 11.8 Å². The molecule has 0 aromatic heterocycles. The molecule has 0 bridgehead atoms. The zero-order valence-electron chi connectivity index (χ0n) is 13.1. The highest BCUT2D eigenvalue weighted by Gasteiger charge is 2.13. The van der Waals surface area contributed by atoms with Gasteiger partial charge in [0.2, 0.25) is 0 Å². The van der Waals surface area contributed by atoms with Gasteiger partial charge in [-0.3, -0.25) is 0 Å². The third-order valence-corrected chi connectivity index (χ3v) is 4.51. The Morgan fingerprint density at radius 2 is 1.82 bits per heavy atom. The number of carbonyl (C=O) groups excluding carboxylic acids is 1. The Labute approximate surface area is 136 Å². The van der Waals surface area contributed by atoms with Crippen molar-refractivity contribution in [3.8, 4) is 0 Å². The van der Waals surface area contributed by atoms with Crippen LogP contribution in [-0.4, -0.2) is 19.1 Å². The average Bonchev–Trinajstić information content (AvgIpc) is 2.55. The summed E-state index contributed by atoms with van der Waals surface area (Å²) in [7, 11) is 1.40. The van der Waals surface area contributed by atoms with Crippen molar-refractivity contribution in [1.29, 1.82) is 0 Å². The first-order chi connectivity index (χ1) is 10.6. The van der Waals surface area contributed by atoms with Gasteiger partial charge in [0.15, 0.2) is 0 Å². The number of anilines is 1. The van der Waals surface area contributed by atoms with E-state index in [9.17, 15) is 4.79 Å². The zero-order valence-corrected chi connectivity index (χ0v) is 13.9. The van der Waals surface area contributed by atoms with E-state index in [4.69, 9.17) is 4.74 Å². The highest BCUT2D eigenvalue weighted by atomic mass is 32.2. The van der Waals surface area contributed by atoms with Crippen LogP contribution in [0.1, 0.15) is 24.7 Å². The Bertz CT molecular complexity index is 615. The third kappa shape index (κ3) is 4.53. The van der Waals surface area contributed by atoms with E-state index < -0.39 is 0 Å². The molecule has 2 aromatic carbocycles. The first kappa shape index (κ1) is 16.4. The van der Waals surface area contributed by atoms with Crippen molar-refractivity contribution >= 4 is 23.4 Å². The van der Waals surface area contributed by atoms with Crippen LogP contribution in [0.3, 0.4) is 0 Å². The lowest BCUT2D eigenvalue weighted by Gasteiger charge is -2.15. The summed E-state index contributed by atoms with van der Waals surface area (Å²) >= 11 is 1.80. The van der Waals surface area contributed by atoms with E-state index in [1.807, 2.05) is 18.2 Å². The van der Waals surface area contributed by atoms with Crippen LogP contribution in [0.4, 0.5) is 5.69 Å². The third-order valence-electron chi connectivity index (χ3n) is 3.35. The zero-order chi connectivity index (χ0) is 15.9. The maximum atomic E-state index is 11.5. The number of hydrogen-bond donors (Lipinski definition) is 1. The predicted molar refractivity (Wildman–Crippen MR) is 92.3 cm³/mol. The van der Waals surface area contributed by atoms with Gasteiger partial charge in [-0.25, -0.2) is 4.79 Å². The summed E-state index contributed by atoms with van der Waals surface area (Å²) < 4.78 is 4.73. The second-order valence-electron chi connectivity index (χ2n) is 5.09. The number of rotatable bonds is 6. The van der Waals surface area contributed by atoms with Crippen LogP contribution in [0.5, 0.6) is 0 Å². The summed E-state index contributed by atoms with van der Waals surface area (Å²) in [6.07, 6.45) is 0. The summed E-state index contributed by atoms with van der Waals surface area (Å²) in [5.74, 6) is -0.268.